The number of anilines is 2. The van der Waals surface area contributed by atoms with Crippen molar-refractivity contribution in [1.29, 1.82) is 0 Å². The molecule has 0 unspecified atom stereocenters. The standard InChI is InChI=1S/C36H38F2N6O8S/c1-20-14-31(45)44(35(49)43(20)5)30-13-8-22(18-39-30)15-29(33(47)52-19-21-6-7-21)41-32(46)25-16-27(38)28(17-26(25)37)42-53(50,51)24-11-9-23(10-12-24)40-34(48)36(2,3)4/h8-14,16-18,21,29,42H,6-7,15,19H2,1-5H3,(H,40,48)(H,41,46)/t29-/m0/s1. The van der Waals surface area contributed by atoms with Crippen molar-refractivity contribution in [2.45, 2.75) is 57.9 Å². The molecule has 280 valence electrons. The summed E-state index contributed by atoms with van der Waals surface area (Å²) in [6.45, 7) is 6.83. The summed E-state index contributed by atoms with van der Waals surface area (Å²) in [6.07, 6.45) is 2.83. The molecular formula is C36H38F2N6O8S. The normalized spacial score (nSPS) is 13.6. The van der Waals surface area contributed by atoms with Gasteiger partial charge in [0.2, 0.25) is 5.91 Å². The van der Waals surface area contributed by atoms with E-state index in [1.54, 1.807) is 27.7 Å². The van der Waals surface area contributed by atoms with Crippen molar-refractivity contribution in [3.63, 3.8) is 0 Å². The third-order valence-electron chi connectivity index (χ3n) is 8.44. The van der Waals surface area contributed by atoms with Crippen molar-refractivity contribution in [3.8, 4) is 5.82 Å². The van der Waals surface area contributed by atoms with Crippen LogP contribution in [-0.4, -0.2) is 53.0 Å². The van der Waals surface area contributed by atoms with E-state index in [-0.39, 0.29) is 35.6 Å². The molecule has 1 aliphatic carbocycles. The Bertz CT molecular complexity index is 2300. The van der Waals surface area contributed by atoms with Crippen LogP contribution in [0.4, 0.5) is 20.2 Å². The topological polar surface area (TPSA) is 188 Å². The van der Waals surface area contributed by atoms with Crippen molar-refractivity contribution in [3.05, 3.63) is 110 Å². The number of nitrogens with one attached hydrogen (secondary N) is 3. The minimum Gasteiger partial charge on any atom is -0.464 e. The molecule has 1 fully saturated rings. The number of sulfonamides is 1. The fourth-order valence-corrected chi connectivity index (χ4v) is 5.96. The van der Waals surface area contributed by atoms with Gasteiger partial charge in [-0.05, 0) is 67.6 Å². The number of halogens is 2. The first-order valence-corrected chi connectivity index (χ1v) is 18.0. The summed E-state index contributed by atoms with van der Waals surface area (Å²) in [4.78, 5) is 67.7. The molecular weight excluding hydrogens is 714 g/mol. The molecule has 2 heterocycles. The highest BCUT2D eigenvalue weighted by Gasteiger charge is 2.29. The van der Waals surface area contributed by atoms with Crippen LogP contribution in [0, 0.1) is 29.9 Å². The van der Waals surface area contributed by atoms with Crippen molar-refractivity contribution >= 4 is 39.2 Å². The molecule has 53 heavy (non-hydrogen) atoms. The summed E-state index contributed by atoms with van der Waals surface area (Å²) < 4.78 is 66.0. The van der Waals surface area contributed by atoms with Crippen LogP contribution in [0.1, 0.15) is 55.2 Å². The summed E-state index contributed by atoms with van der Waals surface area (Å²) in [6, 6.07) is 8.78. The smallest absolute Gasteiger partial charge is 0.336 e. The zero-order chi connectivity index (χ0) is 38.8. The largest absolute Gasteiger partial charge is 0.464 e. The molecule has 0 saturated heterocycles. The third-order valence-corrected chi connectivity index (χ3v) is 9.82. The Morgan fingerprint density at radius 2 is 1.68 bits per heavy atom. The number of aromatic nitrogens is 3. The van der Waals surface area contributed by atoms with Crippen LogP contribution in [0.3, 0.4) is 0 Å². The Morgan fingerprint density at radius 3 is 2.28 bits per heavy atom. The first-order valence-electron chi connectivity index (χ1n) is 16.5. The maximum absolute atomic E-state index is 15.3. The highest BCUT2D eigenvalue weighted by Crippen LogP contribution is 2.29. The molecule has 2 aromatic carbocycles. The van der Waals surface area contributed by atoms with Gasteiger partial charge in [0.05, 0.1) is 22.8 Å². The molecule has 0 radical (unpaired) electrons. The minimum absolute atomic E-state index is 0.0196. The Hall–Kier alpha value is -5.71. The van der Waals surface area contributed by atoms with Gasteiger partial charge in [0.15, 0.2) is 0 Å². The predicted octanol–water partition coefficient (Wildman–Crippen LogP) is 3.60. The lowest BCUT2D eigenvalue weighted by molar-refractivity contribution is -0.146. The van der Waals surface area contributed by atoms with Crippen LogP contribution < -0.4 is 26.6 Å². The molecule has 2 amide bonds. The van der Waals surface area contributed by atoms with Gasteiger partial charge in [0.1, 0.15) is 23.5 Å². The number of aryl methyl sites for hydroxylation is 1. The highest BCUT2D eigenvalue weighted by molar-refractivity contribution is 7.92. The number of hydrogen-bond acceptors (Lipinski definition) is 9. The van der Waals surface area contributed by atoms with E-state index in [0.29, 0.717) is 29.1 Å². The van der Waals surface area contributed by atoms with Crippen LogP contribution in [0.15, 0.2) is 75.3 Å². The van der Waals surface area contributed by atoms with E-state index in [1.165, 1.54) is 60.3 Å². The van der Waals surface area contributed by atoms with Crippen molar-refractivity contribution in [2.24, 2.45) is 18.4 Å². The van der Waals surface area contributed by atoms with Crippen LogP contribution in [-0.2, 0) is 37.8 Å². The summed E-state index contributed by atoms with van der Waals surface area (Å²) in [5, 5.41) is 5.02. The van der Waals surface area contributed by atoms with E-state index < -0.39 is 67.5 Å². The number of carbonyl (C=O) groups excluding carboxylic acids is 3. The van der Waals surface area contributed by atoms with Gasteiger partial charge < -0.3 is 19.9 Å². The van der Waals surface area contributed by atoms with Crippen LogP contribution >= 0.6 is 0 Å². The number of carbonyl (C=O) groups is 3. The van der Waals surface area contributed by atoms with Gasteiger partial charge in [-0.15, -0.1) is 0 Å². The molecule has 4 aromatic rings. The second-order valence-electron chi connectivity index (χ2n) is 13.8. The second kappa shape index (κ2) is 15.1. The monoisotopic (exact) mass is 752 g/mol. The zero-order valence-corrected chi connectivity index (χ0v) is 30.3. The van der Waals surface area contributed by atoms with Crippen LogP contribution in [0.25, 0.3) is 5.82 Å². The Labute approximate surface area is 303 Å². The number of esters is 1. The number of pyridine rings is 1. The minimum atomic E-state index is -4.44. The van der Waals surface area contributed by atoms with Gasteiger partial charge in [0.25, 0.3) is 21.5 Å². The van der Waals surface area contributed by atoms with E-state index in [4.69, 9.17) is 4.74 Å². The molecule has 1 saturated carbocycles. The lowest BCUT2D eigenvalue weighted by Gasteiger charge is -2.19. The first-order chi connectivity index (χ1) is 24.8. The van der Waals surface area contributed by atoms with E-state index in [9.17, 15) is 32.4 Å². The predicted molar refractivity (Wildman–Crippen MR) is 190 cm³/mol. The number of nitrogens with zero attached hydrogens (tertiary/aromatic N) is 3. The Balaban J connectivity index is 1.32. The van der Waals surface area contributed by atoms with Crippen molar-refractivity contribution in [1.82, 2.24) is 19.4 Å². The average Bonchev–Trinajstić information content (AvgIpc) is 3.92. The van der Waals surface area contributed by atoms with Gasteiger partial charge in [-0.3, -0.25) is 19.1 Å². The van der Waals surface area contributed by atoms with Gasteiger partial charge in [0, 0.05) is 48.6 Å². The second-order valence-corrected chi connectivity index (χ2v) is 15.5. The molecule has 14 nitrogen and oxygen atoms in total. The molecule has 3 N–H and O–H groups in total. The summed E-state index contributed by atoms with van der Waals surface area (Å²) in [5.74, 6) is -4.69. The first kappa shape index (κ1) is 38.5. The molecule has 5 rings (SSSR count). The van der Waals surface area contributed by atoms with Crippen LogP contribution in [0.2, 0.25) is 0 Å². The van der Waals surface area contributed by atoms with E-state index in [2.05, 4.69) is 15.6 Å². The van der Waals surface area contributed by atoms with Crippen LogP contribution in [0.5, 0.6) is 0 Å². The number of amides is 2. The summed E-state index contributed by atoms with van der Waals surface area (Å²) in [7, 11) is -2.94. The Morgan fingerprint density at radius 1 is 1.00 bits per heavy atom. The molecule has 1 aliphatic rings. The average molecular weight is 753 g/mol. The van der Waals surface area contributed by atoms with Crippen molar-refractivity contribution < 1.29 is 36.3 Å². The van der Waals surface area contributed by atoms with E-state index in [1.807, 2.05) is 4.72 Å². The molecule has 17 heteroatoms. The van der Waals surface area contributed by atoms with Gasteiger partial charge in [-0.25, -0.2) is 36.3 Å². The summed E-state index contributed by atoms with van der Waals surface area (Å²) >= 11 is 0. The molecule has 2 aromatic heterocycles. The van der Waals surface area contributed by atoms with E-state index >= 15 is 8.78 Å². The fraction of sp³-hybridized carbons (Fsp3) is 0.333. The van der Waals surface area contributed by atoms with Gasteiger partial charge in [-0.2, -0.15) is 0 Å². The lowest BCUT2D eigenvalue weighted by atomic mass is 9.95. The molecule has 0 bridgehead atoms. The van der Waals surface area contributed by atoms with Gasteiger partial charge in [-0.1, -0.05) is 26.8 Å². The maximum Gasteiger partial charge on any atom is 0.336 e. The number of rotatable bonds is 12. The molecule has 0 aliphatic heterocycles. The van der Waals surface area contributed by atoms with Crippen molar-refractivity contribution in [2.75, 3.05) is 16.6 Å². The van der Waals surface area contributed by atoms with E-state index in [0.717, 1.165) is 17.4 Å². The quantitative estimate of drug-likeness (QED) is 0.182. The summed E-state index contributed by atoms with van der Waals surface area (Å²) in [5.41, 5.74) is -2.35. The number of hydrogen-bond donors (Lipinski definition) is 3. The third kappa shape index (κ3) is 9.21. The molecule has 1 atom stereocenters. The zero-order valence-electron chi connectivity index (χ0n) is 29.5. The lowest BCUT2D eigenvalue weighted by Crippen LogP contribution is -2.44. The van der Waals surface area contributed by atoms with Gasteiger partial charge >= 0.3 is 11.7 Å². The number of ether oxygens (including phenoxy) is 1. The SMILES string of the molecule is Cc1cc(=O)n(-c2ccc(C[C@H](NC(=O)c3cc(F)c(NS(=O)(=O)c4ccc(NC(=O)C(C)(C)C)cc4)cc3F)C(=O)OCC3CC3)cn2)c(=O)n1C. The fourth-order valence-electron chi connectivity index (χ4n) is 4.90. The maximum atomic E-state index is 15.3. The highest BCUT2D eigenvalue weighted by atomic mass is 32.2. The Kier molecular flexibility index (Phi) is 11.0. The molecule has 0 spiro atoms. The number of benzene rings is 2.